The molecule has 1 atom stereocenters. The molecule has 5 heteroatoms. The maximum Gasteiger partial charge on any atom is 0.340 e. The number of carbonyl (C=O) groups is 1. The number of hydrogen-bond acceptors (Lipinski definition) is 3. The van der Waals surface area contributed by atoms with Crippen LogP contribution in [0.5, 0.6) is 0 Å². The second-order valence-electron chi connectivity index (χ2n) is 5.81. The Morgan fingerprint density at radius 2 is 1.95 bits per heavy atom. The molecule has 0 aliphatic rings. The molecule has 0 saturated heterocycles. The van der Waals surface area contributed by atoms with Crippen LogP contribution in [-0.2, 0) is 0 Å². The number of carboxylic acid groups (broad SMARTS) is 1. The Morgan fingerprint density at radius 1 is 1.42 bits per heavy atom. The minimum absolute atomic E-state index is 0.0479. The van der Waals surface area contributed by atoms with E-state index in [4.69, 9.17) is 5.73 Å². The number of nitrogen functional groups attached to an aromatic ring is 1. The summed E-state index contributed by atoms with van der Waals surface area (Å²) in [6.07, 6.45) is 0. The minimum atomic E-state index is -1.22. The molecular weight excluding hydrogens is 247 g/mol. The zero-order chi connectivity index (χ0) is 15.0. The van der Waals surface area contributed by atoms with Crippen LogP contribution in [0.25, 0.3) is 0 Å². The van der Waals surface area contributed by atoms with E-state index in [1.165, 1.54) is 12.1 Å². The molecule has 0 spiro atoms. The molecule has 0 amide bonds. The van der Waals surface area contributed by atoms with Crippen molar-refractivity contribution >= 4 is 17.3 Å². The number of aromatic carboxylic acids is 1. The van der Waals surface area contributed by atoms with Crippen LogP contribution in [0, 0.1) is 11.2 Å². The molecule has 0 aromatic heterocycles. The molecule has 106 valence electrons. The van der Waals surface area contributed by atoms with Crippen molar-refractivity contribution < 1.29 is 14.3 Å². The Hall–Kier alpha value is -1.78. The number of hydrogen-bond donors (Lipinski definition) is 2. The Labute approximate surface area is 113 Å². The number of nitrogens with zero attached hydrogens (tertiary/aromatic N) is 1. The summed E-state index contributed by atoms with van der Waals surface area (Å²) in [4.78, 5) is 13.1. The highest BCUT2D eigenvalue weighted by Gasteiger charge is 2.28. The Balaban J connectivity index is 3.36. The second-order valence-corrected chi connectivity index (χ2v) is 5.81. The van der Waals surface area contributed by atoms with Crippen molar-refractivity contribution in [2.24, 2.45) is 5.41 Å². The maximum atomic E-state index is 13.4. The quantitative estimate of drug-likeness (QED) is 0.827. The smallest absolute Gasteiger partial charge is 0.340 e. The fraction of sp³-hybridized carbons (Fsp3) is 0.500. The van der Waals surface area contributed by atoms with Crippen LogP contribution >= 0.6 is 0 Å². The molecule has 1 unspecified atom stereocenters. The average molecular weight is 268 g/mol. The van der Waals surface area contributed by atoms with Gasteiger partial charge >= 0.3 is 5.97 Å². The van der Waals surface area contributed by atoms with Gasteiger partial charge in [-0.2, -0.15) is 0 Å². The van der Waals surface area contributed by atoms with Gasteiger partial charge in [-0.1, -0.05) is 20.8 Å². The van der Waals surface area contributed by atoms with Gasteiger partial charge < -0.3 is 15.7 Å². The lowest BCUT2D eigenvalue weighted by atomic mass is 9.86. The van der Waals surface area contributed by atoms with E-state index in [0.29, 0.717) is 5.69 Å². The summed E-state index contributed by atoms with van der Waals surface area (Å²) in [5.41, 5.74) is 5.42. The first-order valence-electron chi connectivity index (χ1n) is 6.11. The third-order valence-electron chi connectivity index (χ3n) is 3.60. The van der Waals surface area contributed by atoms with E-state index in [1.54, 1.807) is 7.05 Å². The van der Waals surface area contributed by atoms with E-state index >= 15 is 0 Å². The molecule has 1 rings (SSSR count). The predicted molar refractivity (Wildman–Crippen MR) is 75.1 cm³/mol. The maximum absolute atomic E-state index is 13.4. The molecule has 1 aromatic carbocycles. The molecule has 0 aliphatic heterocycles. The van der Waals surface area contributed by atoms with E-state index in [0.717, 1.165) is 0 Å². The van der Waals surface area contributed by atoms with Crippen LogP contribution in [0.1, 0.15) is 38.1 Å². The average Bonchev–Trinajstić information content (AvgIpc) is 2.28. The van der Waals surface area contributed by atoms with E-state index in [9.17, 15) is 14.3 Å². The van der Waals surface area contributed by atoms with Crippen LogP contribution in [0.15, 0.2) is 12.1 Å². The molecule has 0 fully saturated rings. The van der Waals surface area contributed by atoms with Gasteiger partial charge in [0, 0.05) is 13.1 Å². The van der Waals surface area contributed by atoms with Crippen molar-refractivity contribution in [3.05, 3.63) is 23.5 Å². The molecule has 0 bridgehead atoms. The molecule has 0 saturated carbocycles. The zero-order valence-electron chi connectivity index (χ0n) is 12.0. The molecule has 0 aliphatic carbocycles. The lowest BCUT2D eigenvalue weighted by Gasteiger charge is -2.37. The predicted octanol–water partition coefficient (Wildman–Crippen LogP) is 2.98. The highest BCUT2D eigenvalue weighted by molar-refractivity contribution is 6.00. The van der Waals surface area contributed by atoms with Gasteiger partial charge in [0.25, 0.3) is 0 Å². The summed E-state index contributed by atoms with van der Waals surface area (Å²) in [5, 5.41) is 9.23. The van der Waals surface area contributed by atoms with Gasteiger partial charge in [-0.15, -0.1) is 0 Å². The summed E-state index contributed by atoms with van der Waals surface area (Å²) >= 11 is 0. The largest absolute Gasteiger partial charge is 0.478 e. The van der Waals surface area contributed by atoms with Gasteiger partial charge in [0.2, 0.25) is 0 Å². The third-order valence-corrected chi connectivity index (χ3v) is 3.60. The summed E-state index contributed by atoms with van der Waals surface area (Å²) in [6.45, 7) is 8.16. The number of benzene rings is 1. The highest BCUT2D eigenvalue weighted by atomic mass is 19.1. The fourth-order valence-corrected chi connectivity index (χ4v) is 1.89. The molecule has 19 heavy (non-hydrogen) atoms. The normalized spacial score (nSPS) is 13.2. The van der Waals surface area contributed by atoms with Gasteiger partial charge in [0.05, 0.1) is 11.4 Å². The van der Waals surface area contributed by atoms with Crippen molar-refractivity contribution in [1.29, 1.82) is 0 Å². The first-order valence-corrected chi connectivity index (χ1v) is 6.11. The van der Waals surface area contributed by atoms with Gasteiger partial charge in [0.1, 0.15) is 11.4 Å². The zero-order valence-corrected chi connectivity index (χ0v) is 12.0. The van der Waals surface area contributed by atoms with E-state index in [-0.39, 0.29) is 22.7 Å². The number of carboxylic acids is 1. The van der Waals surface area contributed by atoms with Crippen molar-refractivity contribution in [2.45, 2.75) is 33.7 Å². The Kier molecular flexibility index (Phi) is 4.08. The minimum Gasteiger partial charge on any atom is -0.478 e. The first kappa shape index (κ1) is 15.3. The molecule has 3 N–H and O–H groups in total. The van der Waals surface area contributed by atoms with Crippen molar-refractivity contribution in [3.63, 3.8) is 0 Å². The number of nitrogens with two attached hydrogens (primary N) is 1. The van der Waals surface area contributed by atoms with Gasteiger partial charge in [-0.3, -0.25) is 0 Å². The van der Waals surface area contributed by atoms with Crippen LogP contribution in [-0.4, -0.2) is 24.2 Å². The van der Waals surface area contributed by atoms with E-state index < -0.39 is 11.8 Å². The van der Waals surface area contributed by atoms with E-state index in [2.05, 4.69) is 20.8 Å². The Bertz CT molecular complexity index is 495. The van der Waals surface area contributed by atoms with E-state index in [1.807, 2.05) is 11.8 Å². The van der Waals surface area contributed by atoms with Gasteiger partial charge in [-0.25, -0.2) is 9.18 Å². The number of anilines is 2. The van der Waals surface area contributed by atoms with Crippen LogP contribution in [0.2, 0.25) is 0 Å². The third kappa shape index (κ3) is 2.97. The molecule has 0 heterocycles. The second kappa shape index (κ2) is 5.07. The van der Waals surface area contributed by atoms with Crippen molar-refractivity contribution in [2.75, 3.05) is 17.7 Å². The summed E-state index contributed by atoms with van der Waals surface area (Å²) in [5.74, 6) is -1.93. The lowest BCUT2D eigenvalue weighted by molar-refractivity contribution is 0.0698. The Morgan fingerprint density at radius 3 is 2.37 bits per heavy atom. The number of rotatable bonds is 3. The van der Waals surface area contributed by atoms with Gasteiger partial charge in [-0.05, 0) is 24.5 Å². The summed E-state index contributed by atoms with van der Waals surface area (Å²) in [6, 6.07) is 2.72. The van der Waals surface area contributed by atoms with Crippen molar-refractivity contribution in [3.8, 4) is 0 Å². The lowest BCUT2D eigenvalue weighted by Crippen LogP contribution is -2.40. The van der Waals surface area contributed by atoms with Crippen LogP contribution in [0.3, 0.4) is 0 Å². The summed E-state index contributed by atoms with van der Waals surface area (Å²) < 4.78 is 13.4. The topological polar surface area (TPSA) is 66.6 Å². The first-order chi connectivity index (χ1) is 8.57. The molecule has 1 aromatic rings. The molecular formula is C14H21FN2O2. The molecule has 0 radical (unpaired) electrons. The van der Waals surface area contributed by atoms with Crippen LogP contribution in [0.4, 0.5) is 15.8 Å². The summed E-state index contributed by atoms with van der Waals surface area (Å²) in [7, 11) is 1.79. The van der Waals surface area contributed by atoms with Gasteiger partial charge in [0.15, 0.2) is 0 Å². The highest BCUT2D eigenvalue weighted by Crippen LogP contribution is 2.32. The number of halogens is 1. The fourth-order valence-electron chi connectivity index (χ4n) is 1.89. The SMILES string of the molecule is CC(N(C)c1ccc(F)c(N)c1C(=O)O)C(C)(C)C. The standard InChI is InChI=1S/C14H21FN2O2/c1-8(14(2,3)4)17(5)10-7-6-9(15)12(16)11(10)13(18)19/h6-8H,16H2,1-5H3,(H,18,19). The monoisotopic (exact) mass is 268 g/mol. The van der Waals surface area contributed by atoms with Crippen LogP contribution < -0.4 is 10.6 Å². The van der Waals surface area contributed by atoms with Crippen molar-refractivity contribution in [1.82, 2.24) is 0 Å². The molecule has 4 nitrogen and oxygen atoms in total.